The summed E-state index contributed by atoms with van der Waals surface area (Å²) in [5.41, 5.74) is 2.67. The minimum atomic E-state index is 0.692. The molecule has 0 heterocycles. The van der Waals surface area contributed by atoms with Gasteiger partial charge in [0.15, 0.2) is 0 Å². The van der Waals surface area contributed by atoms with Gasteiger partial charge in [0.2, 0.25) is 0 Å². The second kappa shape index (κ2) is 10.6. The highest BCUT2D eigenvalue weighted by Gasteiger charge is 2.04. The summed E-state index contributed by atoms with van der Waals surface area (Å²) in [4.78, 5) is 2.34. The van der Waals surface area contributed by atoms with Crippen molar-refractivity contribution in [2.75, 3.05) is 33.4 Å². The molecular formula is C18H30N2O. The first-order valence-corrected chi connectivity index (χ1v) is 7.76. The van der Waals surface area contributed by atoms with Gasteiger partial charge in [-0.2, -0.15) is 0 Å². The van der Waals surface area contributed by atoms with Crippen molar-refractivity contribution in [1.29, 1.82) is 0 Å². The summed E-state index contributed by atoms with van der Waals surface area (Å²) in [6.45, 7) is 13.8. The summed E-state index contributed by atoms with van der Waals surface area (Å²) in [6, 6.07) is 8.86. The van der Waals surface area contributed by atoms with Gasteiger partial charge in [0.05, 0.1) is 6.61 Å². The van der Waals surface area contributed by atoms with Crippen LogP contribution in [0.1, 0.15) is 25.0 Å². The number of nitrogens with one attached hydrogen (secondary N) is 1. The smallest absolute Gasteiger partial charge is 0.0589 e. The molecule has 0 amide bonds. The molecule has 1 rings (SSSR count). The molecule has 118 valence electrons. The van der Waals surface area contributed by atoms with Gasteiger partial charge in [0.1, 0.15) is 0 Å². The van der Waals surface area contributed by atoms with Crippen LogP contribution >= 0.6 is 0 Å². The van der Waals surface area contributed by atoms with E-state index in [-0.39, 0.29) is 0 Å². The van der Waals surface area contributed by atoms with E-state index >= 15 is 0 Å². The number of hydrogen-bond acceptors (Lipinski definition) is 3. The normalized spacial score (nSPS) is 11.3. The van der Waals surface area contributed by atoms with Gasteiger partial charge in [0, 0.05) is 33.3 Å². The molecule has 0 atom stereocenters. The predicted molar refractivity (Wildman–Crippen MR) is 90.3 cm³/mol. The topological polar surface area (TPSA) is 24.5 Å². The highest BCUT2D eigenvalue weighted by molar-refractivity contribution is 5.22. The van der Waals surface area contributed by atoms with Crippen LogP contribution in [0.15, 0.2) is 36.9 Å². The fourth-order valence-corrected chi connectivity index (χ4v) is 2.16. The molecule has 21 heavy (non-hydrogen) atoms. The van der Waals surface area contributed by atoms with Gasteiger partial charge in [-0.1, -0.05) is 44.2 Å². The average molecular weight is 290 g/mol. The summed E-state index contributed by atoms with van der Waals surface area (Å²) in [5, 5.41) is 3.47. The van der Waals surface area contributed by atoms with E-state index in [0.29, 0.717) is 5.92 Å². The largest absolute Gasteiger partial charge is 0.383 e. The first-order valence-electron chi connectivity index (χ1n) is 7.76. The monoisotopic (exact) mass is 290 g/mol. The first-order chi connectivity index (χ1) is 10.2. The molecule has 3 heteroatoms. The number of methoxy groups -OCH3 is 1. The zero-order valence-corrected chi connectivity index (χ0v) is 13.8. The van der Waals surface area contributed by atoms with E-state index in [1.807, 2.05) is 6.08 Å². The van der Waals surface area contributed by atoms with Gasteiger partial charge in [-0.15, -0.1) is 6.58 Å². The molecule has 1 N–H and O–H groups in total. The summed E-state index contributed by atoms with van der Waals surface area (Å²) >= 11 is 0. The predicted octanol–water partition coefficient (Wildman–Crippen LogP) is 3.07. The zero-order chi connectivity index (χ0) is 15.5. The summed E-state index contributed by atoms with van der Waals surface area (Å²) < 4.78 is 5.15. The van der Waals surface area contributed by atoms with E-state index < -0.39 is 0 Å². The Morgan fingerprint density at radius 1 is 1.24 bits per heavy atom. The number of rotatable bonds is 11. The van der Waals surface area contributed by atoms with E-state index in [4.69, 9.17) is 4.74 Å². The molecule has 0 aliphatic heterocycles. The lowest BCUT2D eigenvalue weighted by Crippen LogP contribution is -2.27. The van der Waals surface area contributed by atoms with Crippen LogP contribution in [0.2, 0.25) is 0 Å². The maximum Gasteiger partial charge on any atom is 0.0589 e. The van der Waals surface area contributed by atoms with Crippen molar-refractivity contribution in [3.05, 3.63) is 48.0 Å². The second-order valence-corrected chi connectivity index (χ2v) is 5.86. The van der Waals surface area contributed by atoms with E-state index in [1.165, 1.54) is 11.1 Å². The average Bonchev–Trinajstić information content (AvgIpc) is 2.46. The van der Waals surface area contributed by atoms with Crippen LogP contribution in [0.4, 0.5) is 0 Å². The SMILES string of the molecule is C=CCN(CCOC)Cc1ccc(CNCC(C)C)cc1. The Morgan fingerprint density at radius 2 is 1.90 bits per heavy atom. The van der Waals surface area contributed by atoms with E-state index in [2.05, 4.69) is 54.9 Å². The van der Waals surface area contributed by atoms with Crippen LogP contribution < -0.4 is 5.32 Å². The lowest BCUT2D eigenvalue weighted by molar-refractivity contribution is 0.151. The van der Waals surface area contributed by atoms with Crippen LogP contribution in [0.3, 0.4) is 0 Å². The van der Waals surface area contributed by atoms with Crippen molar-refractivity contribution in [2.24, 2.45) is 5.92 Å². The van der Waals surface area contributed by atoms with Crippen LogP contribution in [-0.2, 0) is 17.8 Å². The molecular weight excluding hydrogens is 260 g/mol. The van der Waals surface area contributed by atoms with Crippen LogP contribution in [-0.4, -0.2) is 38.3 Å². The van der Waals surface area contributed by atoms with Gasteiger partial charge in [0.25, 0.3) is 0 Å². The Labute approximate surface area is 130 Å². The van der Waals surface area contributed by atoms with Crippen LogP contribution in [0.25, 0.3) is 0 Å². The fourth-order valence-electron chi connectivity index (χ4n) is 2.16. The third kappa shape index (κ3) is 8.00. The zero-order valence-electron chi connectivity index (χ0n) is 13.8. The molecule has 0 aliphatic carbocycles. The molecule has 0 saturated carbocycles. The van der Waals surface area contributed by atoms with Crippen LogP contribution in [0, 0.1) is 5.92 Å². The molecule has 0 fully saturated rings. The Bertz CT molecular complexity index is 387. The molecule has 0 bridgehead atoms. The van der Waals surface area contributed by atoms with Crippen molar-refractivity contribution in [2.45, 2.75) is 26.9 Å². The molecule has 0 spiro atoms. The quantitative estimate of drug-likeness (QED) is 0.634. The lowest BCUT2D eigenvalue weighted by atomic mass is 10.1. The van der Waals surface area contributed by atoms with Crippen molar-refractivity contribution in [3.63, 3.8) is 0 Å². The molecule has 0 radical (unpaired) electrons. The highest BCUT2D eigenvalue weighted by atomic mass is 16.5. The molecule has 0 saturated heterocycles. The fraction of sp³-hybridized carbons (Fsp3) is 0.556. The maximum absolute atomic E-state index is 5.15. The summed E-state index contributed by atoms with van der Waals surface area (Å²) in [7, 11) is 1.74. The molecule has 0 aromatic heterocycles. The van der Waals surface area contributed by atoms with E-state index in [9.17, 15) is 0 Å². The van der Waals surface area contributed by atoms with Crippen LogP contribution in [0.5, 0.6) is 0 Å². The number of nitrogens with zero attached hydrogens (tertiary/aromatic N) is 1. The standard InChI is InChI=1S/C18H30N2O/c1-5-10-20(11-12-21-4)15-18-8-6-17(7-9-18)14-19-13-16(2)3/h5-9,16,19H,1,10-15H2,2-4H3. The Kier molecular flexibility index (Phi) is 8.99. The Hall–Kier alpha value is -1.16. The third-order valence-electron chi connectivity index (χ3n) is 3.31. The number of benzene rings is 1. The molecule has 1 aromatic rings. The molecule has 3 nitrogen and oxygen atoms in total. The Morgan fingerprint density at radius 3 is 2.48 bits per heavy atom. The van der Waals surface area contributed by atoms with Crippen molar-refractivity contribution in [3.8, 4) is 0 Å². The van der Waals surface area contributed by atoms with Gasteiger partial charge in [-0.3, -0.25) is 4.90 Å². The summed E-state index contributed by atoms with van der Waals surface area (Å²) in [5.74, 6) is 0.692. The maximum atomic E-state index is 5.15. The van der Waals surface area contributed by atoms with E-state index in [1.54, 1.807) is 7.11 Å². The van der Waals surface area contributed by atoms with Gasteiger partial charge in [-0.25, -0.2) is 0 Å². The molecule has 1 aromatic carbocycles. The minimum Gasteiger partial charge on any atom is -0.383 e. The van der Waals surface area contributed by atoms with E-state index in [0.717, 1.165) is 39.3 Å². The first kappa shape index (κ1) is 17.9. The number of ether oxygens (including phenoxy) is 1. The molecule has 0 unspecified atom stereocenters. The highest BCUT2D eigenvalue weighted by Crippen LogP contribution is 2.08. The van der Waals surface area contributed by atoms with Gasteiger partial charge in [-0.05, 0) is 23.6 Å². The Balaban J connectivity index is 2.45. The van der Waals surface area contributed by atoms with Gasteiger partial charge < -0.3 is 10.1 Å². The molecule has 0 aliphatic rings. The lowest BCUT2D eigenvalue weighted by Gasteiger charge is -2.20. The third-order valence-corrected chi connectivity index (χ3v) is 3.31. The second-order valence-electron chi connectivity index (χ2n) is 5.86. The van der Waals surface area contributed by atoms with Crippen molar-refractivity contribution in [1.82, 2.24) is 10.2 Å². The van der Waals surface area contributed by atoms with Crippen molar-refractivity contribution >= 4 is 0 Å². The minimum absolute atomic E-state index is 0.692. The van der Waals surface area contributed by atoms with Gasteiger partial charge >= 0.3 is 0 Å². The summed E-state index contributed by atoms with van der Waals surface area (Å²) in [6.07, 6.45) is 1.94. The number of hydrogen-bond donors (Lipinski definition) is 1. The van der Waals surface area contributed by atoms with Crippen molar-refractivity contribution < 1.29 is 4.74 Å².